The molecular formula is C27H33N5O2S. The number of hydrogen-bond donors (Lipinski definition) is 2. The number of carbonyl (C=O) groups excluding carboxylic acids is 1. The van der Waals surface area contributed by atoms with Crippen molar-refractivity contribution in [1.29, 1.82) is 0 Å². The Labute approximate surface area is 211 Å². The fourth-order valence-electron chi connectivity index (χ4n) is 4.03. The maximum atomic E-state index is 13.7. The van der Waals surface area contributed by atoms with E-state index in [1.807, 2.05) is 67.9 Å². The molecule has 1 aromatic heterocycles. The van der Waals surface area contributed by atoms with Crippen LogP contribution in [0.25, 0.3) is 0 Å². The Morgan fingerprint density at radius 2 is 1.89 bits per heavy atom. The summed E-state index contributed by atoms with van der Waals surface area (Å²) in [5.41, 5.74) is 5.30. The first-order valence-electron chi connectivity index (χ1n) is 12.1. The highest BCUT2D eigenvalue weighted by Crippen LogP contribution is 2.37. The quantitative estimate of drug-likeness (QED) is 0.351. The predicted molar refractivity (Wildman–Crippen MR) is 142 cm³/mol. The smallest absolute Gasteiger partial charge is 0.255 e. The number of hydrogen-bond acceptors (Lipinski definition) is 6. The topological polar surface area (TPSA) is 81.1 Å². The molecular weight excluding hydrogens is 458 g/mol. The Bertz CT molecular complexity index is 1230. The molecule has 1 unspecified atom stereocenters. The zero-order valence-corrected chi connectivity index (χ0v) is 21.8. The molecule has 2 N–H and O–H groups in total. The van der Waals surface area contributed by atoms with Crippen molar-refractivity contribution in [1.82, 2.24) is 14.8 Å². The molecule has 4 rings (SSSR count). The molecule has 1 aliphatic heterocycles. The van der Waals surface area contributed by atoms with Crippen LogP contribution >= 0.6 is 11.8 Å². The molecule has 1 aliphatic rings. The molecule has 3 aromatic rings. The summed E-state index contributed by atoms with van der Waals surface area (Å²) in [5.74, 6) is 2.22. The molecule has 0 spiro atoms. The summed E-state index contributed by atoms with van der Waals surface area (Å²) in [5, 5.41) is 11.9. The third kappa shape index (κ3) is 5.37. The average Bonchev–Trinajstić information content (AvgIpc) is 3.26. The number of amides is 1. The number of nitrogens with one attached hydrogen (secondary N) is 2. The first-order valence-corrected chi connectivity index (χ1v) is 13.1. The molecule has 0 bridgehead atoms. The summed E-state index contributed by atoms with van der Waals surface area (Å²) in [4.78, 5) is 18.4. The maximum Gasteiger partial charge on any atom is 0.255 e. The van der Waals surface area contributed by atoms with Crippen LogP contribution < -0.4 is 15.4 Å². The average molecular weight is 492 g/mol. The zero-order chi connectivity index (χ0) is 24.9. The summed E-state index contributed by atoms with van der Waals surface area (Å²) < 4.78 is 7.60. The minimum Gasteiger partial charge on any atom is -0.494 e. The number of benzene rings is 2. The summed E-state index contributed by atoms with van der Waals surface area (Å²) >= 11 is 1.62. The monoisotopic (exact) mass is 491 g/mol. The van der Waals surface area contributed by atoms with Crippen molar-refractivity contribution in [3.8, 4) is 5.75 Å². The number of carbonyl (C=O) groups is 1. The Balaban J connectivity index is 1.73. The van der Waals surface area contributed by atoms with Gasteiger partial charge in [0.1, 0.15) is 11.8 Å². The first-order chi connectivity index (χ1) is 16.9. The van der Waals surface area contributed by atoms with Crippen LogP contribution in [0.1, 0.15) is 56.3 Å². The van der Waals surface area contributed by atoms with Gasteiger partial charge in [-0.15, -0.1) is 5.10 Å². The van der Waals surface area contributed by atoms with E-state index >= 15 is 0 Å². The third-order valence-corrected chi connectivity index (χ3v) is 7.08. The van der Waals surface area contributed by atoms with Crippen LogP contribution in [-0.2, 0) is 4.79 Å². The summed E-state index contributed by atoms with van der Waals surface area (Å²) in [7, 11) is 0. The van der Waals surface area contributed by atoms with Crippen LogP contribution in [0.3, 0.4) is 0 Å². The second-order valence-corrected chi connectivity index (χ2v) is 9.76. The van der Waals surface area contributed by atoms with E-state index in [9.17, 15) is 4.79 Å². The Hall–Kier alpha value is -3.26. The molecule has 2 aromatic carbocycles. The van der Waals surface area contributed by atoms with Crippen molar-refractivity contribution in [2.45, 2.75) is 58.7 Å². The van der Waals surface area contributed by atoms with Gasteiger partial charge in [0.15, 0.2) is 0 Å². The van der Waals surface area contributed by atoms with Gasteiger partial charge in [-0.2, -0.15) is 4.98 Å². The molecule has 184 valence electrons. The minimum atomic E-state index is -0.417. The van der Waals surface area contributed by atoms with E-state index < -0.39 is 6.04 Å². The van der Waals surface area contributed by atoms with Gasteiger partial charge in [0, 0.05) is 17.1 Å². The van der Waals surface area contributed by atoms with Crippen LogP contribution in [0, 0.1) is 13.8 Å². The van der Waals surface area contributed by atoms with Crippen molar-refractivity contribution in [2.75, 3.05) is 23.0 Å². The largest absolute Gasteiger partial charge is 0.494 e. The van der Waals surface area contributed by atoms with Gasteiger partial charge in [-0.25, -0.2) is 4.68 Å². The van der Waals surface area contributed by atoms with Crippen LogP contribution in [0.4, 0.5) is 11.6 Å². The van der Waals surface area contributed by atoms with E-state index in [-0.39, 0.29) is 5.91 Å². The lowest BCUT2D eigenvalue weighted by Crippen LogP contribution is -2.31. The molecule has 0 saturated heterocycles. The second kappa shape index (κ2) is 11.0. The highest BCUT2D eigenvalue weighted by molar-refractivity contribution is 7.99. The number of ether oxygens (including phenoxy) is 1. The number of aromatic nitrogens is 3. The van der Waals surface area contributed by atoms with Crippen molar-refractivity contribution in [2.24, 2.45) is 0 Å². The number of rotatable bonds is 9. The van der Waals surface area contributed by atoms with Gasteiger partial charge in [-0.05, 0) is 68.5 Å². The Morgan fingerprint density at radius 3 is 2.60 bits per heavy atom. The van der Waals surface area contributed by atoms with Gasteiger partial charge in [0.2, 0.25) is 11.1 Å². The van der Waals surface area contributed by atoms with E-state index in [1.54, 1.807) is 11.8 Å². The number of thioether (sulfide) groups is 1. The van der Waals surface area contributed by atoms with Crippen LogP contribution in [0.5, 0.6) is 5.75 Å². The molecule has 8 heteroatoms. The van der Waals surface area contributed by atoms with Gasteiger partial charge in [-0.3, -0.25) is 4.79 Å². The molecule has 1 amide bonds. The molecule has 7 nitrogen and oxygen atoms in total. The van der Waals surface area contributed by atoms with Crippen LogP contribution in [0.15, 0.2) is 58.9 Å². The Morgan fingerprint density at radius 1 is 1.11 bits per heavy atom. The van der Waals surface area contributed by atoms with Gasteiger partial charge in [0.05, 0.1) is 12.2 Å². The molecule has 2 heterocycles. The standard InChI is InChI=1S/C27H33N5O2S/c1-6-15-34-21-13-11-20(12-14-21)24-23(25(33)29-22-10-8-9-17(3)18(22)4)19(5)28-26-30-27(31-32(24)26)35-16-7-2/h8-14,24H,6-7,15-16H2,1-5H3,(H,29,33)(H,28,30,31). The van der Waals surface area contributed by atoms with Gasteiger partial charge in [-0.1, -0.05) is 49.9 Å². The molecule has 0 fully saturated rings. The zero-order valence-electron chi connectivity index (χ0n) is 21.0. The number of allylic oxidation sites excluding steroid dienone is 1. The van der Waals surface area contributed by atoms with E-state index in [0.29, 0.717) is 23.3 Å². The van der Waals surface area contributed by atoms with E-state index in [0.717, 1.165) is 52.4 Å². The molecule has 0 aliphatic carbocycles. The van der Waals surface area contributed by atoms with E-state index in [1.165, 1.54) is 0 Å². The summed E-state index contributed by atoms with van der Waals surface area (Å²) in [6, 6.07) is 13.4. The van der Waals surface area contributed by atoms with Crippen molar-refractivity contribution < 1.29 is 9.53 Å². The SMILES string of the molecule is CCCOc1ccc(C2C(C(=O)Nc3cccc(C)c3C)=C(C)Nc3nc(SCCC)nn32)cc1. The molecule has 0 radical (unpaired) electrons. The van der Waals surface area contributed by atoms with E-state index in [2.05, 4.69) is 29.5 Å². The fraction of sp³-hybridized carbons (Fsp3) is 0.370. The summed E-state index contributed by atoms with van der Waals surface area (Å²) in [6.07, 6.45) is 1.98. The molecule has 1 atom stereocenters. The van der Waals surface area contributed by atoms with Crippen molar-refractivity contribution in [3.63, 3.8) is 0 Å². The second-order valence-electron chi connectivity index (χ2n) is 8.70. The van der Waals surface area contributed by atoms with Crippen LogP contribution in [0.2, 0.25) is 0 Å². The Kier molecular flexibility index (Phi) is 7.80. The molecule has 0 saturated carbocycles. The number of aryl methyl sites for hydroxylation is 1. The lowest BCUT2D eigenvalue weighted by Gasteiger charge is -2.29. The lowest BCUT2D eigenvalue weighted by atomic mass is 9.94. The lowest BCUT2D eigenvalue weighted by molar-refractivity contribution is -0.113. The fourth-order valence-corrected chi connectivity index (χ4v) is 4.71. The van der Waals surface area contributed by atoms with Crippen molar-refractivity contribution in [3.05, 3.63) is 70.4 Å². The van der Waals surface area contributed by atoms with Gasteiger partial charge >= 0.3 is 0 Å². The summed E-state index contributed by atoms with van der Waals surface area (Å²) in [6.45, 7) is 10.9. The number of anilines is 2. The third-order valence-electron chi connectivity index (χ3n) is 6.03. The number of fused-ring (bicyclic) bond motifs is 1. The normalized spacial score (nSPS) is 14.9. The predicted octanol–water partition coefficient (Wildman–Crippen LogP) is 6.11. The van der Waals surface area contributed by atoms with Gasteiger partial charge < -0.3 is 15.4 Å². The highest BCUT2D eigenvalue weighted by atomic mass is 32.2. The molecule has 35 heavy (non-hydrogen) atoms. The van der Waals surface area contributed by atoms with Gasteiger partial charge in [0.25, 0.3) is 5.91 Å². The van der Waals surface area contributed by atoms with E-state index in [4.69, 9.17) is 9.84 Å². The maximum absolute atomic E-state index is 13.7. The van der Waals surface area contributed by atoms with Crippen molar-refractivity contribution >= 4 is 29.3 Å². The highest BCUT2D eigenvalue weighted by Gasteiger charge is 2.34. The van der Waals surface area contributed by atoms with Crippen LogP contribution in [-0.4, -0.2) is 33.0 Å². The minimum absolute atomic E-state index is 0.163. The first kappa shape index (κ1) is 24.9. The number of nitrogens with zero attached hydrogens (tertiary/aromatic N) is 3.